The van der Waals surface area contributed by atoms with Crippen LogP contribution < -0.4 is 0 Å². The van der Waals surface area contributed by atoms with Crippen LogP contribution in [0.2, 0.25) is 0 Å². The molecule has 4 heteroatoms. The summed E-state index contributed by atoms with van der Waals surface area (Å²) in [5, 5.41) is 18.4. The smallest absolute Gasteiger partial charge is 0.0604 e. The Labute approximate surface area is 108 Å². The van der Waals surface area contributed by atoms with Crippen molar-refractivity contribution in [3.8, 4) is 0 Å². The van der Waals surface area contributed by atoms with Crippen LogP contribution in [0.5, 0.6) is 0 Å². The van der Waals surface area contributed by atoms with E-state index in [1.54, 1.807) is 0 Å². The Balaban J connectivity index is 0.000000111. The van der Waals surface area contributed by atoms with Crippen molar-refractivity contribution in [2.45, 2.75) is 88.0 Å². The molecule has 4 rings (SSSR count). The Hall–Kier alpha value is -0.160. The van der Waals surface area contributed by atoms with Gasteiger partial charge in [-0.3, -0.25) is 0 Å². The van der Waals surface area contributed by atoms with E-state index < -0.39 is 0 Å². The Kier molecular flexibility index (Phi) is 3.89. The molecular formula is C14H24O4. The number of rotatable bonds is 0. The molecule has 4 saturated heterocycles. The molecule has 18 heavy (non-hydrogen) atoms. The average Bonchev–Trinajstić information content (AvgIpc) is 2.83. The van der Waals surface area contributed by atoms with Gasteiger partial charge in [0, 0.05) is 0 Å². The topological polar surface area (TPSA) is 58.9 Å². The molecule has 4 aliphatic rings. The van der Waals surface area contributed by atoms with Crippen molar-refractivity contribution in [1.29, 1.82) is 0 Å². The van der Waals surface area contributed by atoms with Crippen LogP contribution in [-0.4, -0.2) is 46.8 Å². The van der Waals surface area contributed by atoms with Crippen LogP contribution in [0.15, 0.2) is 0 Å². The summed E-state index contributed by atoms with van der Waals surface area (Å²) in [6, 6.07) is 0. The lowest BCUT2D eigenvalue weighted by atomic mass is 10.1. The first-order valence-corrected chi connectivity index (χ1v) is 7.36. The Morgan fingerprint density at radius 3 is 1.11 bits per heavy atom. The van der Waals surface area contributed by atoms with Crippen LogP contribution in [0.4, 0.5) is 0 Å². The zero-order valence-corrected chi connectivity index (χ0v) is 10.8. The molecule has 104 valence electrons. The highest BCUT2D eigenvalue weighted by molar-refractivity contribution is 4.84. The number of aliphatic hydroxyl groups is 2. The fourth-order valence-electron chi connectivity index (χ4n) is 3.66. The van der Waals surface area contributed by atoms with Gasteiger partial charge in [-0.1, -0.05) is 0 Å². The molecule has 0 radical (unpaired) electrons. The van der Waals surface area contributed by atoms with Gasteiger partial charge in [-0.25, -0.2) is 0 Å². The molecule has 4 heterocycles. The summed E-state index contributed by atoms with van der Waals surface area (Å²) >= 11 is 0. The van der Waals surface area contributed by atoms with Gasteiger partial charge in [-0.15, -0.1) is 0 Å². The Bertz CT molecular complexity index is 231. The predicted octanol–water partition coefficient (Wildman–Crippen LogP) is 1.38. The molecule has 2 N–H and O–H groups in total. The van der Waals surface area contributed by atoms with Crippen molar-refractivity contribution in [2.75, 3.05) is 0 Å². The molecule has 4 bridgehead atoms. The molecule has 6 atom stereocenters. The van der Waals surface area contributed by atoms with E-state index in [9.17, 15) is 10.2 Å². The molecule has 0 aromatic carbocycles. The third-order valence-electron chi connectivity index (χ3n) is 4.53. The molecule has 0 aromatic rings. The van der Waals surface area contributed by atoms with Crippen molar-refractivity contribution in [1.82, 2.24) is 0 Å². The normalized spacial score (nSPS) is 49.7. The van der Waals surface area contributed by atoms with Crippen LogP contribution in [0.3, 0.4) is 0 Å². The van der Waals surface area contributed by atoms with Crippen LogP contribution >= 0.6 is 0 Å². The Morgan fingerprint density at radius 1 is 0.556 bits per heavy atom. The summed E-state index contributed by atoms with van der Waals surface area (Å²) < 4.78 is 11.0. The van der Waals surface area contributed by atoms with Crippen LogP contribution in [0, 0.1) is 0 Å². The van der Waals surface area contributed by atoms with Crippen LogP contribution in [0.1, 0.15) is 51.4 Å². The van der Waals surface area contributed by atoms with Crippen LogP contribution in [0.25, 0.3) is 0 Å². The van der Waals surface area contributed by atoms with Gasteiger partial charge in [0.15, 0.2) is 0 Å². The van der Waals surface area contributed by atoms with Gasteiger partial charge in [0.25, 0.3) is 0 Å². The number of aliphatic hydroxyl groups excluding tert-OH is 2. The fourth-order valence-corrected chi connectivity index (χ4v) is 3.66. The van der Waals surface area contributed by atoms with Crippen molar-refractivity contribution in [2.24, 2.45) is 0 Å². The van der Waals surface area contributed by atoms with Gasteiger partial charge in [-0.2, -0.15) is 0 Å². The zero-order valence-electron chi connectivity index (χ0n) is 10.8. The maximum Gasteiger partial charge on any atom is 0.0604 e. The quantitative estimate of drug-likeness (QED) is 0.687. The minimum absolute atomic E-state index is 0.0729. The minimum atomic E-state index is -0.0729. The van der Waals surface area contributed by atoms with Gasteiger partial charge in [0.05, 0.1) is 36.6 Å². The monoisotopic (exact) mass is 256 g/mol. The molecule has 4 aliphatic heterocycles. The summed E-state index contributed by atoms with van der Waals surface area (Å²) in [5.41, 5.74) is 0. The summed E-state index contributed by atoms with van der Waals surface area (Å²) in [5.74, 6) is 0. The maximum atomic E-state index is 9.21. The zero-order chi connectivity index (χ0) is 12.5. The van der Waals surface area contributed by atoms with E-state index in [0.717, 1.165) is 25.7 Å². The van der Waals surface area contributed by atoms with E-state index in [-0.39, 0.29) is 12.2 Å². The van der Waals surface area contributed by atoms with Crippen LogP contribution in [-0.2, 0) is 9.47 Å². The third-order valence-corrected chi connectivity index (χ3v) is 4.53. The van der Waals surface area contributed by atoms with Gasteiger partial charge < -0.3 is 19.7 Å². The van der Waals surface area contributed by atoms with E-state index >= 15 is 0 Å². The van der Waals surface area contributed by atoms with E-state index in [4.69, 9.17) is 9.47 Å². The van der Waals surface area contributed by atoms with Gasteiger partial charge in [0.2, 0.25) is 0 Å². The molecular weight excluding hydrogens is 232 g/mol. The number of hydrogen-bond donors (Lipinski definition) is 2. The van der Waals surface area contributed by atoms with Crippen molar-refractivity contribution in [3.63, 3.8) is 0 Å². The predicted molar refractivity (Wildman–Crippen MR) is 66.3 cm³/mol. The second-order valence-electron chi connectivity index (χ2n) is 6.17. The highest BCUT2D eigenvalue weighted by Gasteiger charge is 2.34. The molecule has 0 amide bonds. The first-order valence-electron chi connectivity index (χ1n) is 7.36. The molecule has 0 saturated carbocycles. The lowest BCUT2D eigenvalue weighted by Gasteiger charge is -2.24. The SMILES string of the molecule is OC1C[C@H]2CC[C@@H](C1)O2.OC1C[C@H]2CC[C@@H](C1)O2. The molecule has 0 spiro atoms. The minimum Gasteiger partial charge on any atom is -0.393 e. The van der Waals surface area contributed by atoms with E-state index in [2.05, 4.69) is 0 Å². The maximum absolute atomic E-state index is 9.21. The Morgan fingerprint density at radius 2 is 0.833 bits per heavy atom. The number of ether oxygens (including phenoxy) is 2. The van der Waals surface area contributed by atoms with Crippen molar-refractivity contribution < 1.29 is 19.7 Å². The highest BCUT2D eigenvalue weighted by atomic mass is 16.5. The van der Waals surface area contributed by atoms with Gasteiger partial charge in [-0.05, 0) is 51.4 Å². The summed E-state index contributed by atoms with van der Waals surface area (Å²) in [7, 11) is 0. The fraction of sp³-hybridized carbons (Fsp3) is 1.00. The van der Waals surface area contributed by atoms with E-state index in [1.807, 2.05) is 0 Å². The van der Waals surface area contributed by atoms with Gasteiger partial charge in [0.1, 0.15) is 0 Å². The third kappa shape index (κ3) is 3.05. The van der Waals surface area contributed by atoms with E-state index in [0.29, 0.717) is 24.4 Å². The lowest BCUT2D eigenvalue weighted by molar-refractivity contribution is -0.0525. The standard InChI is InChI=1S/2C7H12O2/c2*8-5-3-6-1-2-7(4-5)9-6/h2*5-8H,1-4H2/t2*5?,6-,7+. The number of fused-ring (bicyclic) bond motifs is 4. The average molecular weight is 256 g/mol. The highest BCUT2D eigenvalue weighted by Crippen LogP contribution is 2.32. The largest absolute Gasteiger partial charge is 0.393 e. The summed E-state index contributed by atoms with van der Waals surface area (Å²) in [6.07, 6.45) is 9.56. The summed E-state index contributed by atoms with van der Waals surface area (Å²) in [6.45, 7) is 0. The van der Waals surface area contributed by atoms with E-state index in [1.165, 1.54) is 25.7 Å². The molecule has 0 aliphatic carbocycles. The molecule has 4 fully saturated rings. The summed E-state index contributed by atoms with van der Waals surface area (Å²) in [4.78, 5) is 0. The molecule has 2 unspecified atom stereocenters. The molecule has 4 nitrogen and oxygen atoms in total. The second-order valence-corrected chi connectivity index (χ2v) is 6.17. The van der Waals surface area contributed by atoms with Crippen molar-refractivity contribution >= 4 is 0 Å². The lowest BCUT2D eigenvalue weighted by Crippen LogP contribution is -2.28. The first kappa shape index (κ1) is 12.9. The first-order chi connectivity index (χ1) is 8.69. The van der Waals surface area contributed by atoms with Crippen molar-refractivity contribution in [3.05, 3.63) is 0 Å². The number of hydrogen-bond acceptors (Lipinski definition) is 4. The second kappa shape index (κ2) is 5.45. The van der Waals surface area contributed by atoms with Gasteiger partial charge >= 0.3 is 0 Å². The molecule has 0 aromatic heterocycles.